The summed E-state index contributed by atoms with van der Waals surface area (Å²) < 4.78 is 0. The van der Waals surface area contributed by atoms with E-state index in [0.29, 0.717) is 23.0 Å². The zero-order chi connectivity index (χ0) is 14.4. The lowest BCUT2D eigenvalue weighted by atomic mass is 10.0. The Hall–Kier alpha value is -2.16. The highest BCUT2D eigenvalue weighted by atomic mass is 16.1. The third-order valence-electron chi connectivity index (χ3n) is 3.41. The molecule has 0 unspecified atom stereocenters. The molecule has 0 radical (unpaired) electrons. The Kier molecular flexibility index (Phi) is 4.88. The number of nitrogens with one attached hydrogen (secondary N) is 1. The number of carbonyl (C=O) groups excluding carboxylic acids is 1. The monoisotopic (exact) mass is 268 g/mol. The van der Waals surface area contributed by atoms with Crippen LogP contribution in [0.15, 0.2) is 48.7 Å². The number of aromatic nitrogens is 1. The molecule has 3 nitrogen and oxygen atoms in total. The van der Waals surface area contributed by atoms with Gasteiger partial charge in [0, 0.05) is 17.8 Å². The number of benzene rings is 1. The van der Waals surface area contributed by atoms with Crippen LogP contribution in [-0.4, -0.2) is 16.8 Å². The van der Waals surface area contributed by atoms with Gasteiger partial charge >= 0.3 is 0 Å². The lowest BCUT2D eigenvalue weighted by Crippen LogP contribution is -2.20. The maximum atomic E-state index is 12.5. The van der Waals surface area contributed by atoms with Gasteiger partial charge in [-0.25, -0.2) is 4.98 Å². The minimum Gasteiger partial charge on any atom is -0.367 e. The van der Waals surface area contributed by atoms with Crippen molar-refractivity contribution in [3.05, 3.63) is 59.8 Å². The normalized spacial score (nSPS) is 10.6. The molecular weight excluding hydrogens is 248 g/mol. The van der Waals surface area contributed by atoms with Gasteiger partial charge in [0.05, 0.1) is 5.56 Å². The first kappa shape index (κ1) is 14.3. The van der Waals surface area contributed by atoms with Crippen molar-refractivity contribution in [3.63, 3.8) is 0 Å². The average molecular weight is 268 g/mol. The average Bonchev–Trinajstić information content (AvgIpc) is 2.53. The molecule has 0 bridgehead atoms. The molecule has 20 heavy (non-hydrogen) atoms. The number of rotatable bonds is 6. The zero-order valence-electron chi connectivity index (χ0n) is 12.0. The minimum atomic E-state index is 0.00663. The number of pyridine rings is 1. The molecule has 0 atom stereocenters. The van der Waals surface area contributed by atoms with Crippen LogP contribution in [0.4, 0.5) is 5.82 Å². The van der Waals surface area contributed by atoms with Crippen LogP contribution in [0.25, 0.3) is 0 Å². The Morgan fingerprint density at radius 1 is 1.10 bits per heavy atom. The maximum Gasteiger partial charge on any atom is 0.196 e. The van der Waals surface area contributed by atoms with E-state index in [1.165, 1.54) is 0 Å². The molecule has 1 aromatic carbocycles. The Bertz CT molecular complexity index is 562. The van der Waals surface area contributed by atoms with E-state index in [9.17, 15) is 4.79 Å². The van der Waals surface area contributed by atoms with Crippen molar-refractivity contribution in [2.45, 2.75) is 32.7 Å². The molecular formula is C17H20N2O. The van der Waals surface area contributed by atoms with Gasteiger partial charge in [0.15, 0.2) is 5.78 Å². The van der Waals surface area contributed by atoms with Gasteiger partial charge in [0.2, 0.25) is 0 Å². The van der Waals surface area contributed by atoms with E-state index in [4.69, 9.17) is 0 Å². The molecule has 0 amide bonds. The van der Waals surface area contributed by atoms with Crippen molar-refractivity contribution in [2.75, 3.05) is 5.32 Å². The van der Waals surface area contributed by atoms with Gasteiger partial charge in [-0.1, -0.05) is 44.2 Å². The number of nitrogens with zero attached hydrogens (tertiary/aromatic N) is 1. The van der Waals surface area contributed by atoms with E-state index in [0.717, 1.165) is 12.8 Å². The summed E-state index contributed by atoms with van der Waals surface area (Å²) in [7, 11) is 0. The largest absolute Gasteiger partial charge is 0.367 e. The number of ketones is 1. The maximum absolute atomic E-state index is 12.5. The molecule has 3 heteroatoms. The molecule has 0 aliphatic rings. The number of anilines is 1. The van der Waals surface area contributed by atoms with Gasteiger partial charge in [-0.05, 0) is 25.0 Å². The first-order valence-corrected chi connectivity index (χ1v) is 7.07. The summed E-state index contributed by atoms with van der Waals surface area (Å²) in [6, 6.07) is 13.3. The summed E-state index contributed by atoms with van der Waals surface area (Å²) >= 11 is 0. The highest BCUT2D eigenvalue weighted by Gasteiger charge is 2.15. The van der Waals surface area contributed by atoms with Crippen LogP contribution >= 0.6 is 0 Å². The number of hydrogen-bond donors (Lipinski definition) is 1. The molecule has 1 N–H and O–H groups in total. The van der Waals surface area contributed by atoms with Crippen molar-refractivity contribution in [1.29, 1.82) is 0 Å². The molecule has 2 rings (SSSR count). The topological polar surface area (TPSA) is 42.0 Å². The van der Waals surface area contributed by atoms with Crippen LogP contribution in [0, 0.1) is 0 Å². The second kappa shape index (κ2) is 6.85. The van der Waals surface area contributed by atoms with E-state index in [1.807, 2.05) is 36.4 Å². The molecule has 2 aromatic rings. The zero-order valence-corrected chi connectivity index (χ0v) is 12.0. The summed E-state index contributed by atoms with van der Waals surface area (Å²) in [5.74, 6) is 0.683. The van der Waals surface area contributed by atoms with E-state index in [1.54, 1.807) is 12.3 Å². The standard InChI is InChI=1S/C17H20N2O/c1-3-14(4-2)19-17-15(11-8-12-18-17)16(20)13-9-6-5-7-10-13/h5-12,14H,3-4H2,1-2H3,(H,18,19). The highest BCUT2D eigenvalue weighted by Crippen LogP contribution is 2.18. The Morgan fingerprint density at radius 2 is 1.80 bits per heavy atom. The van der Waals surface area contributed by atoms with Crippen LogP contribution in [0.5, 0.6) is 0 Å². The molecule has 0 saturated carbocycles. The van der Waals surface area contributed by atoms with Crippen LogP contribution in [-0.2, 0) is 0 Å². The Morgan fingerprint density at radius 3 is 2.45 bits per heavy atom. The molecule has 0 saturated heterocycles. The minimum absolute atomic E-state index is 0.00663. The third-order valence-corrected chi connectivity index (χ3v) is 3.41. The third kappa shape index (κ3) is 3.23. The molecule has 0 fully saturated rings. The van der Waals surface area contributed by atoms with Crippen molar-refractivity contribution >= 4 is 11.6 Å². The first-order chi connectivity index (χ1) is 9.76. The number of carbonyl (C=O) groups is 1. The molecule has 0 spiro atoms. The van der Waals surface area contributed by atoms with Crippen LogP contribution in [0.1, 0.15) is 42.6 Å². The van der Waals surface area contributed by atoms with Gasteiger partial charge < -0.3 is 5.32 Å². The van der Waals surface area contributed by atoms with Crippen molar-refractivity contribution in [1.82, 2.24) is 4.98 Å². The quantitative estimate of drug-likeness (QED) is 0.807. The summed E-state index contributed by atoms with van der Waals surface area (Å²) in [5, 5.41) is 3.37. The van der Waals surface area contributed by atoms with Crippen molar-refractivity contribution in [3.8, 4) is 0 Å². The van der Waals surface area contributed by atoms with E-state index >= 15 is 0 Å². The van der Waals surface area contributed by atoms with Gasteiger partial charge in [-0.15, -0.1) is 0 Å². The fourth-order valence-electron chi connectivity index (χ4n) is 2.13. The molecule has 0 aliphatic heterocycles. The lowest BCUT2D eigenvalue weighted by molar-refractivity contribution is 0.103. The summed E-state index contributed by atoms with van der Waals surface area (Å²) in [6.07, 6.45) is 3.73. The van der Waals surface area contributed by atoms with E-state index < -0.39 is 0 Å². The fraction of sp³-hybridized carbons (Fsp3) is 0.294. The fourth-order valence-corrected chi connectivity index (χ4v) is 2.13. The predicted octanol–water partition coefficient (Wildman–Crippen LogP) is 3.91. The summed E-state index contributed by atoms with van der Waals surface area (Å²) in [5.41, 5.74) is 1.32. The molecule has 1 aromatic heterocycles. The number of hydrogen-bond acceptors (Lipinski definition) is 3. The molecule has 0 aliphatic carbocycles. The summed E-state index contributed by atoms with van der Waals surface area (Å²) in [6.45, 7) is 4.26. The van der Waals surface area contributed by atoms with Gasteiger partial charge in [0.1, 0.15) is 5.82 Å². The smallest absolute Gasteiger partial charge is 0.196 e. The van der Waals surface area contributed by atoms with Gasteiger partial charge in [-0.2, -0.15) is 0 Å². The van der Waals surface area contributed by atoms with Crippen LogP contribution in [0.2, 0.25) is 0 Å². The molecule has 1 heterocycles. The second-order valence-electron chi connectivity index (χ2n) is 4.75. The highest BCUT2D eigenvalue weighted by molar-refractivity contribution is 6.11. The van der Waals surface area contributed by atoms with Gasteiger partial charge in [0.25, 0.3) is 0 Å². The summed E-state index contributed by atoms with van der Waals surface area (Å²) in [4.78, 5) is 16.9. The van der Waals surface area contributed by atoms with Crippen molar-refractivity contribution in [2.24, 2.45) is 0 Å². The van der Waals surface area contributed by atoms with Crippen LogP contribution < -0.4 is 5.32 Å². The van der Waals surface area contributed by atoms with Crippen LogP contribution in [0.3, 0.4) is 0 Å². The lowest BCUT2D eigenvalue weighted by Gasteiger charge is -2.17. The SMILES string of the molecule is CCC(CC)Nc1ncccc1C(=O)c1ccccc1. The van der Waals surface area contributed by atoms with Gasteiger partial charge in [-0.3, -0.25) is 4.79 Å². The first-order valence-electron chi connectivity index (χ1n) is 7.07. The molecule has 104 valence electrons. The second-order valence-corrected chi connectivity index (χ2v) is 4.75. The Labute approximate surface area is 120 Å². The van der Waals surface area contributed by atoms with E-state index in [2.05, 4.69) is 24.1 Å². The Balaban J connectivity index is 2.30. The van der Waals surface area contributed by atoms with E-state index in [-0.39, 0.29) is 5.78 Å². The predicted molar refractivity (Wildman–Crippen MR) is 82.1 cm³/mol. The van der Waals surface area contributed by atoms with Crippen molar-refractivity contribution < 1.29 is 4.79 Å².